The molecule has 0 aromatic carbocycles. The highest BCUT2D eigenvalue weighted by atomic mass is 32.1. The molecule has 0 bridgehead atoms. The molecule has 2 heterocycles. The lowest BCUT2D eigenvalue weighted by atomic mass is 9.98. The second-order valence-electron chi connectivity index (χ2n) is 5.89. The van der Waals surface area contributed by atoms with Crippen LogP contribution in [0.3, 0.4) is 0 Å². The summed E-state index contributed by atoms with van der Waals surface area (Å²) in [5, 5.41) is 8.92. The Morgan fingerprint density at radius 3 is 2.79 bits per heavy atom. The van der Waals surface area contributed by atoms with E-state index >= 15 is 0 Å². The minimum atomic E-state index is 0.142. The summed E-state index contributed by atoms with van der Waals surface area (Å²) in [7, 11) is 0. The molecule has 19 heavy (non-hydrogen) atoms. The van der Waals surface area contributed by atoms with Gasteiger partial charge in [-0.3, -0.25) is 4.68 Å². The van der Waals surface area contributed by atoms with Crippen molar-refractivity contribution in [2.24, 2.45) is 0 Å². The van der Waals surface area contributed by atoms with Crippen LogP contribution < -0.4 is 5.32 Å². The topological polar surface area (TPSA) is 42.7 Å². The molecule has 0 amide bonds. The minimum Gasteiger partial charge on any atom is -0.307 e. The summed E-state index contributed by atoms with van der Waals surface area (Å²) in [5.74, 6) is 0. The number of nitrogens with zero attached hydrogens (tertiary/aromatic N) is 3. The minimum absolute atomic E-state index is 0.142. The van der Waals surface area contributed by atoms with E-state index in [0.29, 0.717) is 6.04 Å². The number of thiazole rings is 1. The monoisotopic (exact) mass is 278 g/mol. The molecule has 0 unspecified atom stereocenters. The molecule has 0 saturated carbocycles. The average Bonchev–Trinajstić information content (AvgIpc) is 2.95. The van der Waals surface area contributed by atoms with Crippen LogP contribution in [0.1, 0.15) is 37.6 Å². The van der Waals surface area contributed by atoms with Gasteiger partial charge in [0.15, 0.2) is 0 Å². The number of hydrogen-bond acceptors (Lipinski definition) is 4. The Balaban J connectivity index is 1.83. The lowest BCUT2D eigenvalue weighted by Gasteiger charge is -2.14. The highest BCUT2D eigenvalue weighted by Crippen LogP contribution is 2.26. The molecule has 0 radical (unpaired) electrons. The fourth-order valence-electron chi connectivity index (χ4n) is 1.76. The van der Waals surface area contributed by atoms with Gasteiger partial charge in [-0.2, -0.15) is 5.10 Å². The smallest absolute Gasteiger partial charge is 0.0981 e. The van der Waals surface area contributed by atoms with Crippen molar-refractivity contribution in [1.82, 2.24) is 20.1 Å². The van der Waals surface area contributed by atoms with Gasteiger partial charge in [0, 0.05) is 41.5 Å². The Morgan fingerprint density at radius 2 is 2.21 bits per heavy atom. The van der Waals surface area contributed by atoms with Crippen molar-refractivity contribution in [3.8, 4) is 0 Å². The highest BCUT2D eigenvalue weighted by Gasteiger charge is 2.17. The fraction of sp³-hybridized carbons (Fsp3) is 0.571. The van der Waals surface area contributed by atoms with Crippen LogP contribution in [0.25, 0.3) is 0 Å². The van der Waals surface area contributed by atoms with Crippen molar-refractivity contribution >= 4 is 11.3 Å². The Hall–Kier alpha value is -1.20. The van der Waals surface area contributed by atoms with Crippen LogP contribution in [0.4, 0.5) is 0 Å². The van der Waals surface area contributed by atoms with Crippen LogP contribution >= 0.6 is 11.3 Å². The molecule has 2 rings (SSSR count). The zero-order valence-electron chi connectivity index (χ0n) is 12.1. The highest BCUT2D eigenvalue weighted by molar-refractivity contribution is 7.11. The average molecular weight is 278 g/mol. The second-order valence-corrected chi connectivity index (χ2v) is 7.01. The maximum atomic E-state index is 4.50. The van der Waals surface area contributed by atoms with E-state index in [4.69, 9.17) is 0 Å². The molecular weight excluding hydrogens is 256 g/mol. The van der Waals surface area contributed by atoms with Gasteiger partial charge in [0.05, 0.1) is 11.6 Å². The fourth-order valence-corrected chi connectivity index (χ4v) is 2.69. The molecule has 104 valence electrons. The van der Waals surface area contributed by atoms with Crippen LogP contribution in [-0.4, -0.2) is 20.8 Å². The third-order valence-corrected chi connectivity index (χ3v) is 4.26. The summed E-state index contributed by atoms with van der Waals surface area (Å²) >= 11 is 1.79. The molecule has 0 saturated heterocycles. The van der Waals surface area contributed by atoms with Crippen LogP contribution in [0.2, 0.25) is 0 Å². The van der Waals surface area contributed by atoms with E-state index < -0.39 is 0 Å². The Kier molecular flexibility index (Phi) is 4.37. The third-order valence-electron chi connectivity index (χ3n) is 2.84. The van der Waals surface area contributed by atoms with Crippen molar-refractivity contribution in [3.05, 3.63) is 34.5 Å². The Bertz CT molecular complexity index is 496. The van der Waals surface area contributed by atoms with Gasteiger partial charge in [-0.15, -0.1) is 11.3 Å². The molecule has 1 atom stereocenters. The van der Waals surface area contributed by atoms with Gasteiger partial charge in [0.2, 0.25) is 0 Å². The van der Waals surface area contributed by atoms with Gasteiger partial charge in [-0.25, -0.2) is 4.98 Å². The van der Waals surface area contributed by atoms with Crippen LogP contribution in [-0.2, 0) is 18.5 Å². The molecule has 2 aromatic heterocycles. The Morgan fingerprint density at radius 1 is 1.42 bits per heavy atom. The molecular formula is C14H22N4S. The SMILES string of the molecule is C[C@@H](Cn1cccn1)NCc1cnc(C(C)(C)C)s1. The van der Waals surface area contributed by atoms with Gasteiger partial charge >= 0.3 is 0 Å². The lowest BCUT2D eigenvalue weighted by molar-refractivity contribution is 0.452. The Labute approximate surface area is 118 Å². The summed E-state index contributed by atoms with van der Waals surface area (Å²) in [4.78, 5) is 5.79. The van der Waals surface area contributed by atoms with E-state index in [1.165, 1.54) is 9.88 Å². The first-order valence-corrected chi connectivity index (χ1v) is 7.43. The molecule has 2 aromatic rings. The molecule has 5 heteroatoms. The lowest BCUT2D eigenvalue weighted by Crippen LogP contribution is -2.29. The third kappa shape index (κ3) is 4.14. The van der Waals surface area contributed by atoms with Gasteiger partial charge in [0.25, 0.3) is 0 Å². The van der Waals surface area contributed by atoms with Gasteiger partial charge in [-0.1, -0.05) is 20.8 Å². The van der Waals surface area contributed by atoms with E-state index in [1.54, 1.807) is 11.3 Å². The van der Waals surface area contributed by atoms with Crippen molar-refractivity contribution in [2.75, 3.05) is 0 Å². The maximum absolute atomic E-state index is 4.50. The van der Waals surface area contributed by atoms with E-state index in [1.807, 2.05) is 29.3 Å². The van der Waals surface area contributed by atoms with Gasteiger partial charge in [-0.05, 0) is 13.0 Å². The normalized spacial score (nSPS) is 13.7. The van der Waals surface area contributed by atoms with Crippen LogP contribution in [0, 0.1) is 0 Å². The number of aromatic nitrogens is 3. The van der Waals surface area contributed by atoms with Crippen LogP contribution in [0.5, 0.6) is 0 Å². The van der Waals surface area contributed by atoms with Crippen molar-refractivity contribution < 1.29 is 0 Å². The summed E-state index contributed by atoms with van der Waals surface area (Å²) in [5.41, 5.74) is 0.142. The first-order chi connectivity index (χ1) is 8.95. The zero-order valence-corrected chi connectivity index (χ0v) is 12.9. The van der Waals surface area contributed by atoms with E-state index in [2.05, 4.69) is 43.1 Å². The molecule has 0 aliphatic rings. The standard InChI is InChI=1S/C14H22N4S/c1-11(10-18-7-5-6-17-18)15-8-12-9-16-13(19-12)14(2,3)4/h5-7,9,11,15H,8,10H2,1-4H3/t11-/m0/s1. The second kappa shape index (κ2) is 5.84. The summed E-state index contributed by atoms with van der Waals surface area (Å²) in [6.07, 6.45) is 5.78. The number of hydrogen-bond donors (Lipinski definition) is 1. The predicted octanol–water partition coefficient (Wildman–Crippen LogP) is 2.82. The van der Waals surface area contributed by atoms with Gasteiger partial charge < -0.3 is 5.32 Å². The maximum Gasteiger partial charge on any atom is 0.0981 e. The van der Waals surface area contributed by atoms with Crippen LogP contribution in [0.15, 0.2) is 24.7 Å². The molecule has 4 nitrogen and oxygen atoms in total. The quantitative estimate of drug-likeness (QED) is 0.914. The van der Waals surface area contributed by atoms with E-state index in [-0.39, 0.29) is 5.41 Å². The largest absolute Gasteiger partial charge is 0.307 e. The molecule has 1 N–H and O–H groups in total. The first-order valence-electron chi connectivity index (χ1n) is 6.61. The van der Waals surface area contributed by atoms with Gasteiger partial charge in [0.1, 0.15) is 0 Å². The first kappa shape index (κ1) is 14.2. The number of rotatable bonds is 5. The van der Waals surface area contributed by atoms with E-state index in [0.717, 1.165) is 13.1 Å². The van der Waals surface area contributed by atoms with E-state index in [9.17, 15) is 0 Å². The number of nitrogens with one attached hydrogen (secondary N) is 1. The van der Waals surface area contributed by atoms with Crippen molar-refractivity contribution in [2.45, 2.75) is 52.2 Å². The molecule has 0 fully saturated rings. The summed E-state index contributed by atoms with van der Waals surface area (Å²) in [6.45, 7) is 10.5. The molecule has 0 aliphatic carbocycles. The summed E-state index contributed by atoms with van der Waals surface area (Å²) in [6, 6.07) is 2.34. The van der Waals surface area contributed by atoms with Crippen molar-refractivity contribution in [1.29, 1.82) is 0 Å². The summed E-state index contributed by atoms with van der Waals surface area (Å²) < 4.78 is 1.95. The molecule has 0 aliphatic heterocycles. The predicted molar refractivity (Wildman–Crippen MR) is 79.3 cm³/mol. The van der Waals surface area contributed by atoms with Crippen molar-refractivity contribution in [3.63, 3.8) is 0 Å². The zero-order chi connectivity index (χ0) is 13.9. The molecule has 0 spiro atoms.